The van der Waals surface area contributed by atoms with Gasteiger partial charge >= 0.3 is 0 Å². The lowest BCUT2D eigenvalue weighted by Crippen LogP contribution is -2.34. The number of nitrogens with one attached hydrogen (secondary N) is 1. The molecule has 2 heterocycles. The van der Waals surface area contributed by atoms with Crippen LogP contribution < -0.4 is 10.2 Å². The van der Waals surface area contributed by atoms with Gasteiger partial charge in [0.15, 0.2) is 9.84 Å². The summed E-state index contributed by atoms with van der Waals surface area (Å²) >= 11 is 0. The highest BCUT2D eigenvalue weighted by Crippen LogP contribution is 2.22. The summed E-state index contributed by atoms with van der Waals surface area (Å²) in [5.74, 6) is 1.73. The summed E-state index contributed by atoms with van der Waals surface area (Å²) in [4.78, 5) is 10.9. The van der Waals surface area contributed by atoms with Gasteiger partial charge in [-0.2, -0.15) is 4.98 Å². The first kappa shape index (κ1) is 17.7. The Labute approximate surface area is 149 Å². The highest BCUT2D eigenvalue weighted by atomic mass is 32.2. The third-order valence-corrected chi connectivity index (χ3v) is 6.22. The van der Waals surface area contributed by atoms with E-state index >= 15 is 0 Å². The minimum Gasteiger partial charge on any atom is -0.366 e. The normalized spacial score (nSPS) is 18.9. The molecule has 0 bridgehead atoms. The van der Waals surface area contributed by atoms with Crippen LogP contribution in [0.25, 0.3) is 0 Å². The summed E-state index contributed by atoms with van der Waals surface area (Å²) in [5.41, 5.74) is 3.26. The van der Waals surface area contributed by atoms with Crippen molar-refractivity contribution in [3.8, 4) is 0 Å². The molecule has 134 valence electrons. The summed E-state index contributed by atoms with van der Waals surface area (Å²) < 4.78 is 23.4. The number of aryl methyl sites for hydroxylation is 2. The first-order valence-electron chi connectivity index (χ1n) is 8.41. The van der Waals surface area contributed by atoms with Crippen LogP contribution in [0, 0.1) is 13.8 Å². The summed E-state index contributed by atoms with van der Waals surface area (Å²) in [6.45, 7) is 4.67. The first-order valence-corrected chi connectivity index (χ1v) is 10.2. The molecule has 1 fully saturated rings. The molecule has 6 nitrogen and oxygen atoms in total. The van der Waals surface area contributed by atoms with Crippen LogP contribution in [0.2, 0.25) is 0 Å². The zero-order valence-corrected chi connectivity index (χ0v) is 15.7. The van der Waals surface area contributed by atoms with E-state index in [9.17, 15) is 8.42 Å². The van der Waals surface area contributed by atoms with Crippen molar-refractivity contribution < 1.29 is 8.42 Å². The van der Waals surface area contributed by atoms with Gasteiger partial charge in [-0.1, -0.05) is 29.8 Å². The van der Waals surface area contributed by atoms with Crippen molar-refractivity contribution in [3.05, 3.63) is 47.2 Å². The highest BCUT2D eigenvalue weighted by Gasteiger charge is 2.31. The first-order chi connectivity index (χ1) is 11.8. The molecule has 1 unspecified atom stereocenters. The molecule has 1 aliphatic rings. The van der Waals surface area contributed by atoms with Gasteiger partial charge in [0.25, 0.3) is 0 Å². The SMILES string of the molecule is Cc1cccc(CNc2cc(C)nc(N(C)C3CCS(=O)(=O)C3)n2)c1. The Hall–Kier alpha value is -2.15. The summed E-state index contributed by atoms with van der Waals surface area (Å²) in [6, 6.07) is 10.2. The van der Waals surface area contributed by atoms with Gasteiger partial charge in [-0.25, -0.2) is 13.4 Å². The van der Waals surface area contributed by atoms with E-state index in [1.165, 1.54) is 11.1 Å². The van der Waals surface area contributed by atoms with E-state index in [0.717, 1.165) is 11.5 Å². The summed E-state index contributed by atoms with van der Waals surface area (Å²) in [5, 5.41) is 3.34. The Bertz CT molecular complexity index is 867. The third kappa shape index (κ3) is 4.48. The van der Waals surface area contributed by atoms with Crippen LogP contribution in [0.1, 0.15) is 23.2 Å². The van der Waals surface area contributed by atoms with E-state index in [4.69, 9.17) is 0 Å². The number of benzene rings is 1. The van der Waals surface area contributed by atoms with Gasteiger partial charge in [0, 0.05) is 31.4 Å². The van der Waals surface area contributed by atoms with E-state index in [0.29, 0.717) is 18.9 Å². The Morgan fingerprint density at radius 3 is 2.72 bits per heavy atom. The second-order valence-electron chi connectivity index (χ2n) is 6.70. The van der Waals surface area contributed by atoms with Crippen molar-refractivity contribution in [2.75, 3.05) is 28.8 Å². The highest BCUT2D eigenvalue weighted by molar-refractivity contribution is 7.91. The number of hydrogen-bond acceptors (Lipinski definition) is 6. The summed E-state index contributed by atoms with van der Waals surface area (Å²) in [7, 11) is -1.07. The topological polar surface area (TPSA) is 75.2 Å². The van der Waals surface area contributed by atoms with Gasteiger partial charge in [0.05, 0.1) is 11.5 Å². The van der Waals surface area contributed by atoms with Crippen LogP contribution in [-0.4, -0.2) is 43.0 Å². The average molecular weight is 360 g/mol. The van der Waals surface area contributed by atoms with Crippen molar-refractivity contribution in [1.82, 2.24) is 9.97 Å². The molecule has 7 heteroatoms. The van der Waals surface area contributed by atoms with Crippen molar-refractivity contribution in [2.45, 2.75) is 32.9 Å². The molecule has 0 aliphatic carbocycles. The van der Waals surface area contributed by atoms with Crippen LogP contribution in [0.15, 0.2) is 30.3 Å². The van der Waals surface area contributed by atoms with E-state index in [2.05, 4.69) is 40.4 Å². The Morgan fingerprint density at radius 2 is 2.04 bits per heavy atom. The average Bonchev–Trinajstić information content (AvgIpc) is 2.92. The lowest BCUT2D eigenvalue weighted by atomic mass is 10.1. The monoisotopic (exact) mass is 360 g/mol. The van der Waals surface area contributed by atoms with Crippen molar-refractivity contribution in [3.63, 3.8) is 0 Å². The van der Waals surface area contributed by atoms with Gasteiger partial charge < -0.3 is 10.2 Å². The number of sulfone groups is 1. The Morgan fingerprint density at radius 1 is 1.24 bits per heavy atom. The molecule has 0 radical (unpaired) electrons. The minimum absolute atomic E-state index is 0.0589. The van der Waals surface area contributed by atoms with Gasteiger partial charge in [-0.3, -0.25) is 0 Å². The second kappa shape index (κ2) is 7.00. The van der Waals surface area contributed by atoms with Crippen LogP contribution in [0.5, 0.6) is 0 Å². The van der Waals surface area contributed by atoms with Crippen molar-refractivity contribution in [1.29, 1.82) is 0 Å². The van der Waals surface area contributed by atoms with Crippen molar-refractivity contribution in [2.24, 2.45) is 0 Å². The summed E-state index contributed by atoms with van der Waals surface area (Å²) in [6.07, 6.45) is 0.627. The zero-order chi connectivity index (χ0) is 18.0. The fourth-order valence-electron chi connectivity index (χ4n) is 3.06. The number of aromatic nitrogens is 2. The zero-order valence-electron chi connectivity index (χ0n) is 14.9. The standard InChI is InChI=1S/C18H24N4O2S/c1-13-5-4-6-15(9-13)11-19-17-10-14(2)20-18(21-17)22(3)16-7-8-25(23,24)12-16/h4-6,9-10,16H,7-8,11-12H2,1-3H3,(H,19,20,21). The Kier molecular flexibility index (Phi) is 4.94. The molecule has 1 aliphatic heterocycles. The largest absolute Gasteiger partial charge is 0.366 e. The maximum absolute atomic E-state index is 11.7. The molecule has 1 aromatic carbocycles. The molecule has 1 saturated heterocycles. The molecule has 25 heavy (non-hydrogen) atoms. The van der Waals surface area contributed by atoms with Crippen LogP contribution in [-0.2, 0) is 16.4 Å². The van der Waals surface area contributed by atoms with Crippen LogP contribution in [0.3, 0.4) is 0 Å². The molecule has 0 saturated carbocycles. The Balaban J connectivity index is 1.74. The number of rotatable bonds is 5. The quantitative estimate of drug-likeness (QED) is 0.882. The predicted octanol–water partition coefficient (Wildman–Crippen LogP) is 2.33. The van der Waals surface area contributed by atoms with Gasteiger partial charge in [0.1, 0.15) is 5.82 Å². The molecule has 3 rings (SSSR count). The van der Waals surface area contributed by atoms with Crippen LogP contribution >= 0.6 is 0 Å². The van der Waals surface area contributed by atoms with Gasteiger partial charge in [-0.05, 0) is 25.8 Å². The lowest BCUT2D eigenvalue weighted by Gasteiger charge is -2.24. The van der Waals surface area contributed by atoms with Gasteiger partial charge in [0.2, 0.25) is 5.95 Å². The van der Waals surface area contributed by atoms with E-state index in [1.807, 2.05) is 31.0 Å². The molecule has 1 atom stereocenters. The molecule has 0 amide bonds. The lowest BCUT2D eigenvalue weighted by molar-refractivity contribution is 0.600. The van der Waals surface area contributed by atoms with Gasteiger partial charge in [-0.15, -0.1) is 0 Å². The molecule has 1 aromatic heterocycles. The number of nitrogens with zero attached hydrogens (tertiary/aromatic N) is 3. The maximum Gasteiger partial charge on any atom is 0.227 e. The van der Waals surface area contributed by atoms with Crippen LogP contribution in [0.4, 0.5) is 11.8 Å². The second-order valence-corrected chi connectivity index (χ2v) is 8.93. The molecular formula is C18H24N4O2S. The third-order valence-electron chi connectivity index (χ3n) is 4.47. The molecule has 2 aromatic rings. The van der Waals surface area contributed by atoms with E-state index < -0.39 is 9.84 Å². The fraction of sp³-hybridized carbons (Fsp3) is 0.444. The molecular weight excluding hydrogens is 336 g/mol. The minimum atomic E-state index is -2.93. The number of hydrogen-bond donors (Lipinski definition) is 1. The molecule has 0 spiro atoms. The van der Waals surface area contributed by atoms with E-state index in [-0.39, 0.29) is 17.5 Å². The van der Waals surface area contributed by atoms with Crippen molar-refractivity contribution >= 4 is 21.6 Å². The number of anilines is 2. The fourth-order valence-corrected chi connectivity index (χ4v) is 4.83. The molecule has 1 N–H and O–H groups in total. The predicted molar refractivity (Wildman–Crippen MR) is 101 cm³/mol. The smallest absolute Gasteiger partial charge is 0.227 e. The maximum atomic E-state index is 11.7. The van der Waals surface area contributed by atoms with E-state index in [1.54, 1.807) is 0 Å².